The first kappa shape index (κ1) is 30.9. The van der Waals surface area contributed by atoms with Crippen molar-refractivity contribution in [3.8, 4) is 0 Å². The first-order valence-corrected chi connectivity index (χ1v) is 12.1. The number of hydrogen-bond donors (Lipinski definition) is 11. The molecule has 3 aliphatic rings. The van der Waals surface area contributed by atoms with Gasteiger partial charge in [0.25, 0.3) is 0 Å². The lowest BCUT2D eigenvalue weighted by molar-refractivity contribution is -0.361. The van der Waals surface area contributed by atoms with Crippen molar-refractivity contribution in [1.82, 2.24) is 0 Å². The quantitative estimate of drug-likeness (QED) is 0.122. The molecule has 1 aliphatic carbocycles. The molecule has 218 valence electrons. The second-order valence-electron chi connectivity index (χ2n) is 9.50. The standard InChI is InChI=1S/C21H39NO15/c22-1-2-33-20-18(32)19(37-21-17(31)16(30)13(27)9(5-24)35-21)14(28)10(36-20)6-34-8-3-7(4-23)11(25)15(29)12(8)26/h7-21,23-32H,1-6,22H2/t7-,8+,9-,10-,11-,12-,13-,14-,15+,16+,17+,18+,19+,20+,21-/m1/s1. The number of rotatable bonds is 10. The SMILES string of the molecule is NCCO[C@H]1O[C@H](CO[C@H]2C[C@H](CO)[C@@H](O)[C@H](O)[C@@H]2O)[C@@H](O)[C@H](O[C@H]2O[C@H](CO)[C@@H](O)[C@H](O)[C@@H]2O)[C@@H]1O. The molecule has 0 unspecified atom stereocenters. The van der Waals surface area contributed by atoms with Crippen LogP contribution in [-0.4, -0.2) is 170 Å². The average molecular weight is 546 g/mol. The van der Waals surface area contributed by atoms with Crippen LogP contribution in [0, 0.1) is 5.92 Å². The highest BCUT2D eigenvalue weighted by Crippen LogP contribution is 2.32. The normalized spacial score (nSPS) is 49.2. The Morgan fingerprint density at radius 3 is 1.92 bits per heavy atom. The fourth-order valence-electron chi connectivity index (χ4n) is 4.70. The highest BCUT2D eigenvalue weighted by molar-refractivity contribution is 4.96. The molecule has 3 fully saturated rings. The van der Waals surface area contributed by atoms with Crippen LogP contribution in [0.15, 0.2) is 0 Å². The average Bonchev–Trinajstić information content (AvgIpc) is 2.89. The van der Waals surface area contributed by atoms with E-state index in [-0.39, 0.29) is 19.6 Å². The number of hydrogen-bond acceptors (Lipinski definition) is 16. The summed E-state index contributed by atoms with van der Waals surface area (Å²) in [7, 11) is 0. The Hall–Kier alpha value is -0.640. The van der Waals surface area contributed by atoms with Crippen LogP contribution in [0.2, 0.25) is 0 Å². The minimum Gasteiger partial charge on any atom is -0.396 e. The fraction of sp³-hybridized carbons (Fsp3) is 1.00. The van der Waals surface area contributed by atoms with Crippen molar-refractivity contribution in [3.63, 3.8) is 0 Å². The first-order chi connectivity index (χ1) is 17.5. The van der Waals surface area contributed by atoms with Crippen molar-refractivity contribution in [1.29, 1.82) is 0 Å². The maximum absolute atomic E-state index is 10.9. The first-order valence-electron chi connectivity index (χ1n) is 12.1. The van der Waals surface area contributed by atoms with Gasteiger partial charge in [-0.15, -0.1) is 0 Å². The molecular weight excluding hydrogens is 506 g/mol. The maximum Gasteiger partial charge on any atom is 0.187 e. The van der Waals surface area contributed by atoms with Crippen LogP contribution in [-0.2, 0) is 23.7 Å². The van der Waals surface area contributed by atoms with Crippen molar-refractivity contribution in [2.24, 2.45) is 11.7 Å². The van der Waals surface area contributed by atoms with Gasteiger partial charge >= 0.3 is 0 Å². The molecule has 12 N–H and O–H groups in total. The topological polar surface area (TPSA) is 274 Å². The molecule has 0 radical (unpaired) electrons. The third-order valence-corrected chi connectivity index (χ3v) is 6.99. The van der Waals surface area contributed by atoms with Crippen LogP contribution in [0.4, 0.5) is 0 Å². The zero-order valence-electron chi connectivity index (χ0n) is 20.0. The molecule has 2 heterocycles. The third kappa shape index (κ3) is 6.75. The Labute approximate surface area is 212 Å². The van der Waals surface area contributed by atoms with Gasteiger partial charge in [0.05, 0.1) is 32.0 Å². The summed E-state index contributed by atoms with van der Waals surface area (Å²) in [5.41, 5.74) is 5.45. The van der Waals surface area contributed by atoms with Gasteiger partial charge in [0, 0.05) is 19.1 Å². The van der Waals surface area contributed by atoms with E-state index in [9.17, 15) is 51.1 Å². The van der Waals surface area contributed by atoms with Crippen molar-refractivity contribution < 1.29 is 74.7 Å². The molecule has 2 saturated heterocycles. The largest absolute Gasteiger partial charge is 0.396 e. The maximum atomic E-state index is 10.9. The van der Waals surface area contributed by atoms with Gasteiger partial charge in [-0.05, 0) is 6.42 Å². The van der Waals surface area contributed by atoms with Gasteiger partial charge in [-0.2, -0.15) is 0 Å². The summed E-state index contributed by atoms with van der Waals surface area (Å²) in [5, 5.41) is 101. The van der Waals surface area contributed by atoms with Gasteiger partial charge in [0.1, 0.15) is 61.0 Å². The van der Waals surface area contributed by atoms with E-state index in [1.165, 1.54) is 0 Å². The Morgan fingerprint density at radius 2 is 1.30 bits per heavy atom. The van der Waals surface area contributed by atoms with E-state index in [0.717, 1.165) is 0 Å². The zero-order chi connectivity index (χ0) is 27.4. The van der Waals surface area contributed by atoms with Gasteiger partial charge in [0.2, 0.25) is 0 Å². The minimum absolute atomic E-state index is 0.0146. The molecule has 16 heteroatoms. The monoisotopic (exact) mass is 545 g/mol. The summed E-state index contributed by atoms with van der Waals surface area (Å²) in [6.45, 7) is -1.61. The Morgan fingerprint density at radius 1 is 0.649 bits per heavy atom. The van der Waals surface area contributed by atoms with E-state index < -0.39 is 112 Å². The van der Waals surface area contributed by atoms with Crippen LogP contribution in [0.5, 0.6) is 0 Å². The van der Waals surface area contributed by atoms with E-state index >= 15 is 0 Å². The highest BCUT2D eigenvalue weighted by Gasteiger charge is 2.51. The highest BCUT2D eigenvalue weighted by atomic mass is 16.7. The molecule has 0 amide bonds. The molecule has 0 aromatic carbocycles. The lowest BCUT2D eigenvalue weighted by atomic mass is 9.81. The number of ether oxygens (including phenoxy) is 5. The molecule has 16 nitrogen and oxygen atoms in total. The molecule has 0 aromatic rings. The second kappa shape index (κ2) is 13.6. The summed E-state index contributed by atoms with van der Waals surface area (Å²) >= 11 is 0. The van der Waals surface area contributed by atoms with Gasteiger partial charge in [-0.1, -0.05) is 0 Å². The molecule has 0 spiro atoms. The Kier molecular flexibility index (Phi) is 11.4. The van der Waals surface area contributed by atoms with Crippen LogP contribution in [0.1, 0.15) is 6.42 Å². The predicted octanol–water partition coefficient (Wildman–Crippen LogP) is -6.93. The van der Waals surface area contributed by atoms with Crippen LogP contribution in [0.25, 0.3) is 0 Å². The van der Waals surface area contributed by atoms with Gasteiger partial charge < -0.3 is 80.5 Å². The van der Waals surface area contributed by atoms with E-state index in [1.54, 1.807) is 0 Å². The molecule has 0 bridgehead atoms. The van der Waals surface area contributed by atoms with Gasteiger partial charge in [0.15, 0.2) is 12.6 Å². The molecule has 37 heavy (non-hydrogen) atoms. The summed E-state index contributed by atoms with van der Waals surface area (Å²) in [6, 6.07) is 0. The molecule has 2 aliphatic heterocycles. The van der Waals surface area contributed by atoms with Crippen LogP contribution in [0.3, 0.4) is 0 Å². The van der Waals surface area contributed by atoms with Gasteiger partial charge in [-0.3, -0.25) is 0 Å². The van der Waals surface area contributed by atoms with E-state index in [0.29, 0.717) is 0 Å². The summed E-state index contributed by atoms with van der Waals surface area (Å²) in [4.78, 5) is 0. The number of aliphatic hydroxyl groups is 10. The molecule has 3 rings (SSSR count). The minimum atomic E-state index is -1.81. The molecule has 1 saturated carbocycles. The summed E-state index contributed by atoms with van der Waals surface area (Å²) in [6.07, 6.45) is -21.2. The van der Waals surface area contributed by atoms with Crippen LogP contribution >= 0.6 is 0 Å². The molecular formula is C21H39NO15. The second-order valence-corrected chi connectivity index (χ2v) is 9.50. The fourth-order valence-corrected chi connectivity index (χ4v) is 4.70. The smallest absolute Gasteiger partial charge is 0.187 e. The summed E-state index contributed by atoms with van der Waals surface area (Å²) in [5.74, 6) is -0.773. The predicted molar refractivity (Wildman–Crippen MR) is 117 cm³/mol. The van der Waals surface area contributed by atoms with Gasteiger partial charge in [-0.25, -0.2) is 0 Å². The van der Waals surface area contributed by atoms with E-state index in [4.69, 9.17) is 29.4 Å². The summed E-state index contributed by atoms with van der Waals surface area (Å²) < 4.78 is 27.5. The van der Waals surface area contributed by atoms with E-state index in [1.807, 2.05) is 0 Å². The lowest BCUT2D eigenvalue weighted by Crippen LogP contribution is -2.65. The Bertz CT molecular complexity index is 688. The Balaban J connectivity index is 1.73. The van der Waals surface area contributed by atoms with E-state index in [2.05, 4.69) is 0 Å². The van der Waals surface area contributed by atoms with Crippen molar-refractivity contribution in [2.75, 3.05) is 33.0 Å². The van der Waals surface area contributed by atoms with Crippen LogP contribution < -0.4 is 5.73 Å². The zero-order valence-corrected chi connectivity index (χ0v) is 20.0. The van der Waals surface area contributed by atoms with Crippen molar-refractivity contribution in [3.05, 3.63) is 0 Å². The molecule has 0 aromatic heterocycles. The lowest BCUT2D eigenvalue weighted by Gasteiger charge is -2.46. The number of aliphatic hydroxyl groups excluding tert-OH is 10. The molecule has 15 atom stereocenters. The van der Waals surface area contributed by atoms with Crippen molar-refractivity contribution in [2.45, 2.75) is 92.2 Å². The third-order valence-electron chi connectivity index (χ3n) is 6.99. The number of nitrogens with two attached hydrogens (primary N) is 1. The van der Waals surface area contributed by atoms with Crippen molar-refractivity contribution >= 4 is 0 Å².